The molecule has 0 bridgehead atoms. The van der Waals surface area contributed by atoms with Gasteiger partial charge in [0, 0.05) is 31.7 Å². The van der Waals surface area contributed by atoms with Gasteiger partial charge in [0.05, 0.1) is 23.9 Å². The Labute approximate surface area is 264 Å². The van der Waals surface area contributed by atoms with Crippen molar-refractivity contribution in [2.24, 2.45) is 0 Å². The Bertz CT molecular complexity index is 1500. The minimum atomic E-state index is -0.339. The van der Waals surface area contributed by atoms with Crippen LogP contribution in [0.1, 0.15) is 57.7 Å². The lowest BCUT2D eigenvalue weighted by Crippen LogP contribution is -2.50. The van der Waals surface area contributed by atoms with Gasteiger partial charge in [-0.2, -0.15) is 0 Å². The average Bonchev–Trinajstić information content (AvgIpc) is 3.06. The fraction of sp³-hybridized carbons (Fsp3) is 0.250. The van der Waals surface area contributed by atoms with Crippen LogP contribution in [-0.2, 0) is 0 Å². The summed E-state index contributed by atoms with van der Waals surface area (Å²) in [6.07, 6.45) is 2.03. The molecular formula is C36H38N4O3S. The molecule has 5 rings (SSSR count). The van der Waals surface area contributed by atoms with E-state index >= 15 is 0 Å². The molecule has 2 N–H and O–H groups in total. The van der Waals surface area contributed by atoms with Gasteiger partial charge in [0.2, 0.25) is 0 Å². The van der Waals surface area contributed by atoms with Crippen molar-refractivity contribution in [1.82, 2.24) is 15.1 Å². The minimum absolute atomic E-state index is 0.0727. The largest absolute Gasteiger partial charge is 0.494 e. The Hall–Kier alpha value is -4.53. The van der Waals surface area contributed by atoms with Gasteiger partial charge in [0.25, 0.3) is 11.8 Å². The third-order valence-electron chi connectivity index (χ3n) is 7.71. The number of para-hydroxylation sites is 1. The van der Waals surface area contributed by atoms with E-state index in [2.05, 4.69) is 71.0 Å². The van der Waals surface area contributed by atoms with E-state index in [9.17, 15) is 9.59 Å². The highest BCUT2D eigenvalue weighted by Crippen LogP contribution is 2.30. The van der Waals surface area contributed by atoms with Crippen LogP contribution in [0.15, 0.2) is 109 Å². The molecule has 0 spiro atoms. The van der Waals surface area contributed by atoms with E-state index in [1.807, 2.05) is 29.2 Å². The molecule has 226 valence electrons. The summed E-state index contributed by atoms with van der Waals surface area (Å²) in [5.41, 5.74) is 3.99. The van der Waals surface area contributed by atoms with Crippen LogP contribution in [0, 0.1) is 0 Å². The zero-order valence-corrected chi connectivity index (χ0v) is 25.8. The molecule has 0 saturated carbocycles. The summed E-state index contributed by atoms with van der Waals surface area (Å²) in [7, 11) is 0. The van der Waals surface area contributed by atoms with E-state index in [1.165, 1.54) is 11.1 Å². The summed E-state index contributed by atoms with van der Waals surface area (Å²) in [6, 6.07) is 35.3. The molecule has 1 aliphatic heterocycles. The lowest BCUT2D eigenvalue weighted by molar-refractivity contribution is 0.0598. The molecule has 7 nitrogen and oxygen atoms in total. The maximum Gasteiger partial charge on any atom is 0.257 e. The Kier molecular flexibility index (Phi) is 10.7. The number of anilines is 1. The van der Waals surface area contributed by atoms with Gasteiger partial charge in [-0.25, -0.2) is 0 Å². The molecule has 1 heterocycles. The number of carbonyl (C=O) groups is 2. The predicted octanol–water partition coefficient (Wildman–Crippen LogP) is 6.54. The lowest BCUT2D eigenvalue weighted by atomic mass is 9.96. The van der Waals surface area contributed by atoms with Gasteiger partial charge in [-0.05, 0) is 66.2 Å². The third-order valence-corrected chi connectivity index (χ3v) is 7.92. The van der Waals surface area contributed by atoms with E-state index in [0.717, 1.165) is 31.7 Å². The number of nitrogens with one attached hydrogen (secondary N) is 2. The highest BCUT2D eigenvalue weighted by atomic mass is 32.1. The third kappa shape index (κ3) is 7.89. The van der Waals surface area contributed by atoms with Gasteiger partial charge in [-0.1, -0.05) is 86.1 Å². The van der Waals surface area contributed by atoms with Crippen molar-refractivity contribution >= 4 is 34.8 Å². The maximum absolute atomic E-state index is 13.7. The molecule has 8 heteroatoms. The highest BCUT2D eigenvalue weighted by Gasteiger charge is 2.29. The van der Waals surface area contributed by atoms with Gasteiger partial charge in [0.15, 0.2) is 5.11 Å². The molecule has 44 heavy (non-hydrogen) atoms. The topological polar surface area (TPSA) is 73.9 Å². The van der Waals surface area contributed by atoms with E-state index in [0.29, 0.717) is 36.5 Å². The quantitative estimate of drug-likeness (QED) is 0.158. The second-order valence-corrected chi connectivity index (χ2v) is 11.1. The van der Waals surface area contributed by atoms with E-state index in [1.54, 1.807) is 36.4 Å². The normalized spacial score (nSPS) is 13.4. The smallest absolute Gasteiger partial charge is 0.257 e. The van der Waals surface area contributed by atoms with Crippen molar-refractivity contribution in [2.75, 3.05) is 38.1 Å². The number of hydrogen-bond acceptors (Lipinski definition) is 5. The van der Waals surface area contributed by atoms with Crippen LogP contribution >= 0.6 is 12.2 Å². The van der Waals surface area contributed by atoms with E-state index in [-0.39, 0.29) is 23.0 Å². The minimum Gasteiger partial charge on any atom is -0.494 e. The van der Waals surface area contributed by atoms with Crippen molar-refractivity contribution in [3.8, 4) is 5.75 Å². The number of amides is 2. The van der Waals surface area contributed by atoms with Crippen LogP contribution in [0.25, 0.3) is 0 Å². The number of unbranched alkanes of at least 4 members (excludes halogenated alkanes) is 1. The van der Waals surface area contributed by atoms with Crippen LogP contribution in [0.4, 0.5) is 5.69 Å². The molecule has 4 aromatic carbocycles. The van der Waals surface area contributed by atoms with Crippen LogP contribution in [0.2, 0.25) is 0 Å². The van der Waals surface area contributed by atoms with E-state index in [4.69, 9.17) is 17.0 Å². The van der Waals surface area contributed by atoms with Crippen LogP contribution in [-0.4, -0.2) is 59.5 Å². The van der Waals surface area contributed by atoms with Crippen molar-refractivity contribution in [3.63, 3.8) is 0 Å². The standard InChI is InChI=1S/C36H38N4O3S/c1-2-3-26-43-30-20-18-29(19-21-30)34(41)38-36(44)37-32-17-11-10-16-31(32)35(42)40-24-22-39(23-25-40)33(27-12-6-4-7-13-27)28-14-8-5-9-15-28/h4-21,33H,2-3,22-26H2,1H3,(H2,37,38,41,44). The number of hydrogen-bond donors (Lipinski definition) is 2. The van der Waals surface area contributed by atoms with Crippen molar-refractivity contribution in [2.45, 2.75) is 25.8 Å². The summed E-state index contributed by atoms with van der Waals surface area (Å²) in [5, 5.41) is 5.91. The maximum atomic E-state index is 13.7. The van der Waals surface area contributed by atoms with Crippen molar-refractivity contribution < 1.29 is 14.3 Å². The molecule has 2 amide bonds. The Morgan fingerprint density at radius 2 is 1.39 bits per heavy atom. The lowest BCUT2D eigenvalue weighted by Gasteiger charge is -2.40. The molecule has 0 aliphatic carbocycles. The summed E-state index contributed by atoms with van der Waals surface area (Å²) < 4.78 is 5.68. The molecule has 4 aromatic rings. The number of benzene rings is 4. The summed E-state index contributed by atoms with van der Waals surface area (Å²) >= 11 is 5.45. The van der Waals surface area contributed by atoms with Crippen LogP contribution < -0.4 is 15.4 Å². The van der Waals surface area contributed by atoms with Gasteiger partial charge < -0.3 is 15.0 Å². The van der Waals surface area contributed by atoms with Crippen LogP contribution in [0.3, 0.4) is 0 Å². The number of ether oxygens (including phenoxy) is 1. The molecule has 1 aliphatic rings. The summed E-state index contributed by atoms with van der Waals surface area (Å²) in [6.45, 7) is 5.44. The molecule has 0 atom stereocenters. The Morgan fingerprint density at radius 1 is 0.795 bits per heavy atom. The second kappa shape index (κ2) is 15.3. The first-order valence-corrected chi connectivity index (χ1v) is 15.5. The zero-order valence-electron chi connectivity index (χ0n) is 24.9. The zero-order chi connectivity index (χ0) is 30.7. The SMILES string of the molecule is CCCCOc1ccc(C(=O)NC(=S)Nc2ccccc2C(=O)N2CCN(C(c3ccccc3)c3ccccc3)CC2)cc1. The summed E-state index contributed by atoms with van der Waals surface area (Å²) in [4.78, 5) is 30.9. The molecular weight excluding hydrogens is 568 g/mol. The molecule has 0 radical (unpaired) electrons. The number of piperazine rings is 1. The summed E-state index contributed by atoms with van der Waals surface area (Å²) in [5.74, 6) is 0.310. The van der Waals surface area contributed by atoms with E-state index < -0.39 is 0 Å². The van der Waals surface area contributed by atoms with Gasteiger partial charge in [0.1, 0.15) is 5.75 Å². The molecule has 0 unspecified atom stereocenters. The number of rotatable bonds is 10. The van der Waals surface area contributed by atoms with Gasteiger partial charge >= 0.3 is 0 Å². The van der Waals surface area contributed by atoms with Gasteiger partial charge in [-0.15, -0.1) is 0 Å². The highest BCUT2D eigenvalue weighted by molar-refractivity contribution is 7.80. The van der Waals surface area contributed by atoms with Gasteiger partial charge in [-0.3, -0.25) is 19.8 Å². The fourth-order valence-corrected chi connectivity index (χ4v) is 5.59. The molecule has 0 aromatic heterocycles. The van der Waals surface area contributed by atoms with Crippen LogP contribution in [0.5, 0.6) is 5.75 Å². The first-order valence-electron chi connectivity index (χ1n) is 15.1. The van der Waals surface area contributed by atoms with Crippen molar-refractivity contribution in [3.05, 3.63) is 131 Å². The molecule has 1 saturated heterocycles. The number of thiocarbonyl (C=S) groups is 1. The predicted molar refractivity (Wildman–Crippen MR) is 179 cm³/mol. The second-order valence-electron chi connectivity index (χ2n) is 10.7. The monoisotopic (exact) mass is 606 g/mol. The van der Waals surface area contributed by atoms with Crippen molar-refractivity contribution in [1.29, 1.82) is 0 Å². The fourth-order valence-electron chi connectivity index (χ4n) is 5.38. The average molecular weight is 607 g/mol. The first-order chi connectivity index (χ1) is 21.5. The Morgan fingerprint density at radius 3 is 2.00 bits per heavy atom. The number of carbonyl (C=O) groups excluding carboxylic acids is 2. The first kappa shape index (κ1) is 30.9. The number of nitrogens with zero attached hydrogens (tertiary/aromatic N) is 2. The molecule has 1 fully saturated rings. The Balaban J connectivity index is 1.20.